The molecular formula is C18H29N5O8. The number of rotatable bonds is 11. The van der Waals surface area contributed by atoms with Gasteiger partial charge < -0.3 is 37.2 Å². The van der Waals surface area contributed by atoms with Crippen molar-refractivity contribution in [1.82, 2.24) is 15.5 Å². The second-order valence-electron chi connectivity index (χ2n) is 7.69. The molecule has 1 rings (SSSR count). The SMILES string of the molecule is CC(C)C(NC(=O)C(N)CC(=O)O)C(=O)NC(CC(N)=O)C(=O)N1CCCC1C(=O)O. The maximum absolute atomic E-state index is 12.8. The molecule has 0 radical (unpaired) electrons. The van der Waals surface area contributed by atoms with E-state index in [1.165, 1.54) is 0 Å². The summed E-state index contributed by atoms with van der Waals surface area (Å²) < 4.78 is 0. The lowest BCUT2D eigenvalue weighted by atomic mass is 10.0. The second-order valence-corrected chi connectivity index (χ2v) is 7.69. The van der Waals surface area contributed by atoms with Gasteiger partial charge in [-0.2, -0.15) is 0 Å². The zero-order valence-corrected chi connectivity index (χ0v) is 17.4. The standard InChI is InChI=1S/C18H29N5O8/c1-8(2)14(22-15(27)9(19)6-13(25)26)16(28)21-10(7-12(20)24)17(29)23-5-3-4-11(23)18(30)31/h8-11,14H,3-7,19H2,1-2H3,(H2,20,24)(H,21,28)(H,22,27)(H,25,26)(H,30,31). The Morgan fingerprint density at radius 2 is 1.65 bits per heavy atom. The number of amides is 4. The van der Waals surface area contributed by atoms with E-state index in [1.807, 2.05) is 0 Å². The summed E-state index contributed by atoms with van der Waals surface area (Å²) in [5.41, 5.74) is 10.7. The van der Waals surface area contributed by atoms with Crippen LogP contribution in [0.2, 0.25) is 0 Å². The molecule has 1 fully saturated rings. The Morgan fingerprint density at radius 3 is 2.13 bits per heavy atom. The van der Waals surface area contributed by atoms with Gasteiger partial charge in [0.15, 0.2) is 0 Å². The molecule has 0 bridgehead atoms. The van der Waals surface area contributed by atoms with Crippen LogP contribution in [0.4, 0.5) is 0 Å². The summed E-state index contributed by atoms with van der Waals surface area (Å²) in [6.45, 7) is 3.34. The van der Waals surface area contributed by atoms with Crippen LogP contribution in [0.5, 0.6) is 0 Å². The van der Waals surface area contributed by atoms with Crippen LogP contribution in [0.1, 0.15) is 39.5 Å². The molecule has 8 N–H and O–H groups in total. The molecule has 1 heterocycles. The third-order valence-electron chi connectivity index (χ3n) is 4.82. The van der Waals surface area contributed by atoms with Crippen LogP contribution in [0.3, 0.4) is 0 Å². The first kappa shape index (κ1) is 25.8. The van der Waals surface area contributed by atoms with Crippen LogP contribution in [0.15, 0.2) is 0 Å². The number of hydrogen-bond donors (Lipinski definition) is 6. The number of carboxylic acid groups (broad SMARTS) is 2. The highest BCUT2D eigenvalue weighted by Crippen LogP contribution is 2.19. The Labute approximate surface area is 178 Å². The smallest absolute Gasteiger partial charge is 0.326 e. The van der Waals surface area contributed by atoms with Gasteiger partial charge in [0.1, 0.15) is 18.1 Å². The fraction of sp³-hybridized carbons (Fsp3) is 0.667. The molecule has 0 aliphatic carbocycles. The van der Waals surface area contributed by atoms with E-state index in [9.17, 15) is 33.9 Å². The monoisotopic (exact) mass is 443 g/mol. The third-order valence-corrected chi connectivity index (χ3v) is 4.82. The van der Waals surface area contributed by atoms with E-state index in [0.29, 0.717) is 6.42 Å². The minimum atomic E-state index is -1.42. The van der Waals surface area contributed by atoms with Gasteiger partial charge in [-0.15, -0.1) is 0 Å². The van der Waals surface area contributed by atoms with Gasteiger partial charge in [-0.3, -0.25) is 24.0 Å². The molecule has 0 aromatic heterocycles. The lowest BCUT2D eigenvalue weighted by molar-refractivity contribution is -0.149. The first-order valence-electron chi connectivity index (χ1n) is 9.74. The minimum absolute atomic E-state index is 0.148. The van der Waals surface area contributed by atoms with Crippen molar-refractivity contribution in [3.05, 3.63) is 0 Å². The predicted octanol–water partition coefficient (Wildman–Crippen LogP) is -2.63. The normalized spacial score (nSPS) is 18.7. The van der Waals surface area contributed by atoms with E-state index in [1.54, 1.807) is 13.8 Å². The van der Waals surface area contributed by atoms with Gasteiger partial charge in [-0.05, 0) is 18.8 Å². The Morgan fingerprint density at radius 1 is 1.03 bits per heavy atom. The lowest BCUT2D eigenvalue weighted by Crippen LogP contribution is -2.59. The molecule has 13 heteroatoms. The number of primary amides is 1. The Bertz CT molecular complexity index is 740. The fourth-order valence-corrected chi connectivity index (χ4v) is 3.23. The summed E-state index contributed by atoms with van der Waals surface area (Å²) in [7, 11) is 0. The number of carbonyl (C=O) groups is 6. The van der Waals surface area contributed by atoms with Crippen LogP contribution < -0.4 is 22.1 Å². The molecule has 4 atom stereocenters. The molecule has 0 aromatic rings. The van der Waals surface area contributed by atoms with Gasteiger partial charge in [-0.1, -0.05) is 13.8 Å². The zero-order valence-electron chi connectivity index (χ0n) is 17.4. The number of nitrogens with zero attached hydrogens (tertiary/aromatic N) is 1. The van der Waals surface area contributed by atoms with Crippen molar-refractivity contribution >= 4 is 35.6 Å². The van der Waals surface area contributed by atoms with Crippen LogP contribution in [0, 0.1) is 5.92 Å². The molecule has 1 aliphatic rings. The molecule has 4 unspecified atom stereocenters. The zero-order chi connectivity index (χ0) is 23.9. The van der Waals surface area contributed by atoms with E-state index in [2.05, 4.69) is 10.6 Å². The highest BCUT2D eigenvalue weighted by atomic mass is 16.4. The van der Waals surface area contributed by atoms with E-state index in [-0.39, 0.29) is 13.0 Å². The van der Waals surface area contributed by atoms with Gasteiger partial charge in [-0.25, -0.2) is 4.79 Å². The molecule has 13 nitrogen and oxygen atoms in total. The molecule has 0 spiro atoms. The molecule has 4 amide bonds. The van der Waals surface area contributed by atoms with E-state index in [4.69, 9.17) is 16.6 Å². The molecular weight excluding hydrogens is 414 g/mol. The maximum atomic E-state index is 12.8. The summed E-state index contributed by atoms with van der Waals surface area (Å²) in [5.74, 6) is -6.33. The summed E-state index contributed by atoms with van der Waals surface area (Å²) in [6, 6.07) is -5.08. The Hall–Kier alpha value is -3.22. The van der Waals surface area contributed by atoms with Crippen LogP contribution in [-0.2, 0) is 28.8 Å². The largest absolute Gasteiger partial charge is 0.481 e. The number of nitrogens with one attached hydrogen (secondary N) is 2. The van der Waals surface area contributed by atoms with E-state index < -0.39 is 78.5 Å². The van der Waals surface area contributed by atoms with Crippen molar-refractivity contribution in [3.63, 3.8) is 0 Å². The lowest BCUT2D eigenvalue weighted by Gasteiger charge is -2.29. The second kappa shape index (κ2) is 11.2. The molecule has 0 aromatic carbocycles. The van der Waals surface area contributed by atoms with E-state index in [0.717, 1.165) is 4.90 Å². The van der Waals surface area contributed by atoms with Crippen molar-refractivity contribution in [3.8, 4) is 0 Å². The van der Waals surface area contributed by atoms with Crippen molar-refractivity contribution < 1.29 is 39.0 Å². The number of aliphatic carboxylic acids is 2. The van der Waals surface area contributed by atoms with Crippen molar-refractivity contribution in [2.45, 2.75) is 63.7 Å². The first-order chi connectivity index (χ1) is 14.3. The average molecular weight is 443 g/mol. The summed E-state index contributed by atoms with van der Waals surface area (Å²) in [6.07, 6.45) is -0.520. The summed E-state index contributed by atoms with van der Waals surface area (Å²) >= 11 is 0. The topological polar surface area (TPSA) is 222 Å². The molecule has 174 valence electrons. The van der Waals surface area contributed by atoms with Crippen LogP contribution in [0.25, 0.3) is 0 Å². The number of carbonyl (C=O) groups excluding carboxylic acids is 4. The van der Waals surface area contributed by atoms with Crippen LogP contribution >= 0.6 is 0 Å². The Balaban J connectivity index is 2.98. The number of carboxylic acids is 2. The summed E-state index contributed by atoms with van der Waals surface area (Å²) in [4.78, 5) is 72.3. The molecule has 1 saturated heterocycles. The van der Waals surface area contributed by atoms with Gasteiger partial charge in [0.2, 0.25) is 23.6 Å². The van der Waals surface area contributed by atoms with Gasteiger partial charge in [0.25, 0.3) is 0 Å². The Kier molecular flexibility index (Phi) is 9.37. The minimum Gasteiger partial charge on any atom is -0.481 e. The van der Waals surface area contributed by atoms with Gasteiger partial charge >= 0.3 is 11.9 Å². The quantitative estimate of drug-likeness (QED) is 0.196. The number of nitrogens with two attached hydrogens (primary N) is 2. The fourth-order valence-electron chi connectivity index (χ4n) is 3.23. The molecule has 31 heavy (non-hydrogen) atoms. The average Bonchev–Trinajstić information content (AvgIpc) is 3.13. The molecule has 0 saturated carbocycles. The predicted molar refractivity (Wildman–Crippen MR) is 105 cm³/mol. The number of hydrogen-bond acceptors (Lipinski definition) is 7. The highest BCUT2D eigenvalue weighted by molar-refractivity contribution is 5.96. The summed E-state index contributed by atoms with van der Waals surface area (Å²) in [5, 5.41) is 22.7. The third kappa shape index (κ3) is 7.51. The van der Waals surface area contributed by atoms with Gasteiger partial charge in [0, 0.05) is 6.54 Å². The van der Waals surface area contributed by atoms with Crippen LogP contribution in [-0.4, -0.2) is 81.4 Å². The highest BCUT2D eigenvalue weighted by Gasteiger charge is 2.39. The number of likely N-dealkylation sites (tertiary alicyclic amines) is 1. The first-order valence-corrected chi connectivity index (χ1v) is 9.74. The van der Waals surface area contributed by atoms with Gasteiger partial charge in [0.05, 0.1) is 18.9 Å². The van der Waals surface area contributed by atoms with Crippen molar-refractivity contribution in [2.24, 2.45) is 17.4 Å². The molecule has 1 aliphatic heterocycles. The van der Waals surface area contributed by atoms with Crippen molar-refractivity contribution in [1.29, 1.82) is 0 Å². The maximum Gasteiger partial charge on any atom is 0.326 e. The van der Waals surface area contributed by atoms with E-state index >= 15 is 0 Å². The van der Waals surface area contributed by atoms with Crippen molar-refractivity contribution in [2.75, 3.05) is 6.54 Å².